The molecule has 3 unspecified atom stereocenters. The standard InChI is InChI=1S/C18H34N6/c1-3-19-18(20-10-16-12-22-6-8-23(16)9-7-22)21-17-13-24(11-14(17)2)15-4-5-15/h14-17H,3-13H2,1-2H3,(H2,19,20,21). The first-order valence-electron chi connectivity index (χ1n) is 9.98. The zero-order valence-electron chi connectivity index (χ0n) is 15.4. The third-order valence-corrected chi connectivity index (χ3v) is 6.22. The maximum atomic E-state index is 4.95. The lowest BCUT2D eigenvalue weighted by Gasteiger charge is -2.47. The van der Waals surface area contributed by atoms with E-state index in [1.807, 2.05) is 0 Å². The molecule has 0 radical (unpaired) electrons. The van der Waals surface area contributed by atoms with Crippen LogP contribution in [0.3, 0.4) is 0 Å². The predicted molar refractivity (Wildman–Crippen MR) is 98.5 cm³/mol. The molecule has 24 heavy (non-hydrogen) atoms. The summed E-state index contributed by atoms with van der Waals surface area (Å²) in [7, 11) is 0. The lowest BCUT2D eigenvalue weighted by molar-refractivity contribution is 0.0174. The highest BCUT2D eigenvalue weighted by Crippen LogP contribution is 2.31. The SMILES string of the molecule is CCNC(=NCC1CN2CCN1CC2)NC1CN(C2CC2)CC1C. The van der Waals surface area contributed by atoms with Gasteiger partial charge in [-0.1, -0.05) is 6.92 Å². The van der Waals surface area contributed by atoms with Crippen molar-refractivity contribution in [3.8, 4) is 0 Å². The van der Waals surface area contributed by atoms with Crippen molar-refractivity contribution in [2.45, 2.75) is 44.8 Å². The molecule has 6 heteroatoms. The summed E-state index contributed by atoms with van der Waals surface area (Å²) in [5.41, 5.74) is 0. The molecule has 6 nitrogen and oxygen atoms in total. The Morgan fingerprint density at radius 2 is 1.83 bits per heavy atom. The fraction of sp³-hybridized carbons (Fsp3) is 0.944. The van der Waals surface area contributed by atoms with Crippen LogP contribution in [0.1, 0.15) is 26.7 Å². The molecule has 136 valence electrons. The lowest BCUT2D eigenvalue weighted by atomic mass is 10.1. The molecular formula is C18H34N6. The second kappa shape index (κ2) is 7.18. The maximum absolute atomic E-state index is 4.95. The lowest BCUT2D eigenvalue weighted by Crippen LogP contribution is -2.62. The quantitative estimate of drug-likeness (QED) is 0.548. The van der Waals surface area contributed by atoms with E-state index in [2.05, 4.69) is 39.2 Å². The highest BCUT2D eigenvalue weighted by molar-refractivity contribution is 5.80. The monoisotopic (exact) mass is 334 g/mol. The summed E-state index contributed by atoms with van der Waals surface area (Å²) < 4.78 is 0. The molecule has 1 saturated carbocycles. The van der Waals surface area contributed by atoms with Crippen molar-refractivity contribution in [3.63, 3.8) is 0 Å². The van der Waals surface area contributed by atoms with Crippen LogP contribution in [0.5, 0.6) is 0 Å². The molecular weight excluding hydrogens is 300 g/mol. The van der Waals surface area contributed by atoms with Crippen LogP contribution < -0.4 is 10.6 Å². The van der Waals surface area contributed by atoms with Crippen molar-refractivity contribution in [1.29, 1.82) is 0 Å². The Balaban J connectivity index is 1.33. The second-order valence-electron chi connectivity index (χ2n) is 8.12. The smallest absolute Gasteiger partial charge is 0.191 e. The number of hydrogen-bond donors (Lipinski definition) is 2. The molecule has 2 N–H and O–H groups in total. The van der Waals surface area contributed by atoms with Gasteiger partial charge in [-0.25, -0.2) is 0 Å². The van der Waals surface area contributed by atoms with Gasteiger partial charge in [-0.05, 0) is 25.7 Å². The maximum Gasteiger partial charge on any atom is 0.191 e. The highest BCUT2D eigenvalue weighted by Gasteiger charge is 2.38. The predicted octanol–water partition coefficient (Wildman–Crippen LogP) is 0.0240. The molecule has 5 fully saturated rings. The van der Waals surface area contributed by atoms with E-state index in [0.717, 1.165) is 25.1 Å². The number of hydrogen-bond acceptors (Lipinski definition) is 4. The fourth-order valence-corrected chi connectivity index (χ4v) is 4.52. The summed E-state index contributed by atoms with van der Waals surface area (Å²) in [5, 5.41) is 7.19. The molecule has 0 aromatic heterocycles. The largest absolute Gasteiger partial charge is 0.357 e. The highest BCUT2D eigenvalue weighted by atomic mass is 15.4. The average molecular weight is 335 g/mol. The van der Waals surface area contributed by atoms with E-state index in [0.29, 0.717) is 18.0 Å². The van der Waals surface area contributed by atoms with Crippen molar-refractivity contribution < 1.29 is 0 Å². The fourth-order valence-electron chi connectivity index (χ4n) is 4.52. The molecule has 3 atom stereocenters. The molecule has 5 aliphatic rings. The van der Waals surface area contributed by atoms with Gasteiger partial charge in [0.2, 0.25) is 0 Å². The molecule has 0 amide bonds. The van der Waals surface area contributed by atoms with E-state index >= 15 is 0 Å². The molecule has 5 rings (SSSR count). The topological polar surface area (TPSA) is 46.1 Å². The summed E-state index contributed by atoms with van der Waals surface area (Å²) in [6.45, 7) is 14.9. The first-order chi connectivity index (χ1) is 11.7. The second-order valence-corrected chi connectivity index (χ2v) is 8.12. The van der Waals surface area contributed by atoms with Crippen LogP contribution in [-0.2, 0) is 0 Å². The Bertz CT molecular complexity index is 454. The number of rotatable bonds is 5. The van der Waals surface area contributed by atoms with Gasteiger partial charge in [-0.3, -0.25) is 19.7 Å². The van der Waals surface area contributed by atoms with Gasteiger partial charge in [-0.2, -0.15) is 0 Å². The van der Waals surface area contributed by atoms with Crippen molar-refractivity contribution in [2.24, 2.45) is 10.9 Å². The van der Waals surface area contributed by atoms with E-state index in [1.165, 1.54) is 58.7 Å². The number of nitrogens with one attached hydrogen (secondary N) is 2. The molecule has 4 saturated heterocycles. The molecule has 4 aliphatic heterocycles. The van der Waals surface area contributed by atoms with Crippen molar-refractivity contribution in [2.75, 3.05) is 58.9 Å². The van der Waals surface area contributed by atoms with Gasteiger partial charge in [0.15, 0.2) is 5.96 Å². The molecule has 0 aromatic rings. The number of nitrogens with zero attached hydrogens (tertiary/aromatic N) is 4. The first-order valence-corrected chi connectivity index (χ1v) is 9.98. The van der Waals surface area contributed by atoms with E-state index in [-0.39, 0.29) is 0 Å². The van der Waals surface area contributed by atoms with Gasteiger partial charge < -0.3 is 10.6 Å². The number of fused-ring (bicyclic) bond motifs is 3. The summed E-state index contributed by atoms with van der Waals surface area (Å²) in [6.07, 6.45) is 2.81. The average Bonchev–Trinajstić information content (AvgIpc) is 3.39. The van der Waals surface area contributed by atoms with Crippen LogP contribution in [0.2, 0.25) is 0 Å². The minimum absolute atomic E-state index is 0.537. The van der Waals surface area contributed by atoms with Crippen LogP contribution in [0.4, 0.5) is 0 Å². The van der Waals surface area contributed by atoms with Crippen LogP contribution in [-0.4, -0.2) is 97.7 Å². The summed E-state index contributed by atoms with van der Waals surface area (Å²) in [4.78, 5) is 12.8. The Kier molecular flexibility index (Phi) is 4.97. The van der Waals surface area contributed by atoms with E-state index < -0.39 is 0 Å². The third-order valence-electron chi connectivity index (χ3n) is 6.22. The Morgan fingerprint density at radius 1 is 1.04 bits per heavy atom. The van der Waals surface area contributed by atoms with E-state index in [4.69, 9.17) is 4.99 Å². The Labute approximate surface area is 146 Å². The Morgan fingerprint density at radius 3 is 2.46 bits per heavy atom. The minimum Gasteiger partial charge on any atom is -0.357 e. The van der Waals surface area contributed by atoms with Crippen LogP contribution >= 0.6 is 0 Å². The molecule has 0 aromatic carbocycles. The summed E-state index contributed by atoms with van der Waals surface area (Å²) in [6, 6.07) is 2.01. The number of likely N-dealkylation sites (tertiary alicyclic amines) is 1. The molecule has 4 heterocycles. The van der Waals surface area contributed by atoms with Crippen molar-refractivity contribution in [1.82, 2.24) is 25.3 Å². The van der Waals surface area contributed by atoms with Crippen molar-refractivity contribution in [3.05, 3.63) is 0 Å². The number of aliphatic imine (C=N–C) groups is 1. The van der Waals surface area contributed by atoms with Gasteiger partial charge in [0, 0.05) is 70.5 Å². The van der Waals surface area contributed by atoms with Crippen molar-refractivity contribution >= 4 is 5.96 Å². The van der Waals surface area contributed by atoms with Gasteiger partial charge in [0.1, 0.15) is 0 Å². The first kappa shape index (κ1) is 16.6. The van der Waals surface area contributed by atoms with Crippen LogP contribution in [0, 0.1) is 5.92 Å². The third kappa shape index (κ3) is 3.70. The molecule has 0 spiro atoms. The van der Waals surface area contributed by atoms with Gasteiger partial charge >= 0.3 is 0 Å². The minimum atomic E-state index is 0.537. The Hall–Kier alpha value is -0.850. The normalized spacial score (nSPS) is 40.1. The summed E-state index contributed by atoms with van der Waals surface area (Å²) >= 11 is 0. The zero-order chi connectivity index (χ0) is 16.5. The van der Waals surface area contributed by atoms with E-state index in [9.17, 15) is 0 Å². The zero-order valence-corrected chi connectivity index (χ0v) is 15.4. The van der Waals surface area contributed by atoms with Gasteiger partial charge in [-0.15, -0.1) is 0 Å². The molecule has 1 aliphatic carbocycles. The van der Waals surface area contributed by atoms with Crippen LogP contribution in [0.25, 0.3) is 0 Å². The van der Waals surface area contributed by atoms with Gasteiger partial charge in [0.05, 0.1) is 6.54 Å². The van der Waals surface area contributed by atoms with Crippen LogP contribution in [0.15, 0.2) is 4.99 Å². The number of piperazine rings is 3. The number of guanidine groups is 1. The van der Waals surface area contributed by atoms with Gasteiger partial charge in [0.25, 0.3) is 0 Å². The molecule has 2 bridgehead atoms. The summed E-state index contributed by atoms with van der Waals surface area (Å²) in [5.74, 6) is 1.72. The van der Waals surface area contributed by atoms with E-state index in [1.54, 1.807) is 0 Å².